The molecule has 3 heteroatoms. The van der Waals surface area contributed by atoms with Gasteiger partial charge in [-0.15, -0.1) is 0 Å². The van der Waals surface area contributed by atoms with Crippen molar-refractivity contribution in [3.05, 3.63) is 35.4 Å². The fourth-order valence-corrected chi connectivity index (χ4v) is 1.58. The third kappa shape index (κ3) is 1.22. The molecule has 1 aliphatic carbocycles. The van der Waals surface area contributed by atoms with Crippen molar-refractivity contribution in [3.8, 4) is 0 Å². The van der Waals surface area contributed by atoms with Crippen molar-refractivity contribution in [2.75, 3.05) is 0 Å². The number of hydrogen-bond acceptors (Lipinski definition) is 3. The van der Waals surface area contributed by atoms with E-state index in [4.69, 9.17) is 0 Å². The summed E-state index contributed by atoms with van der Waals surface area (Å²) in [5.41, 5.74) is 1.63. The summed E-state index contributed by atoms with van der Waals surface area (Å²) in [6.07, 6.45) is -0.0943. The number of carbonyl (C=O) groups excluding carboxylic acids is 2. The first-order valence-corrected chi connectivity index (χ1v) is 4.04. The van der Waals surface area contributed by atoms with Crippen molar-refractivity contribution in [2.24, 2.45) is 0 Å². The van der Waals surface area contributed by atoms with Crippen molar-refractivity contribution in [1.82, 2.24) is 0 Å². The van der Waals surface area contributed by atoms with Crippen molar-refractivity contribution < 1.29 is 14.3 Å². The van der Waals surface area contributed by atoms with Gasteiger partial charge < -0.3 is 4.74 Å². The van der Waals surface area contributed by atoms with E-state index in [2.05, 4.69) is 4.74 Å². The molecule has 1 aromatic carbocycles. The Morgan fingerprint density at radius 1 is 1.38 bits per heavy atom. The molecule has 1 atom stereocenters. The first kappa shape index (κ1) is 7.98. The molecule has 0 bridgehead atoms. The maximum absolute atomic E-state index is 11.5. The summed E-state index contributed by atoms with van der Waals surface area (Å²) in [5.74, 6) is -0.0947. The van der Waals surface area contributed by atoms with Crippen molar-refractivity contribution in [2.45, 2.75) is 12.5 Å². The minimum atomic E-state index is -0.602. The standard InChI is InChI=1S/C10H8O3/c11-6-13-9-5-7-3-1-2-4-8(7)10(9)12/h1-4,6,9H,5H2. The second kappa shape index (κ2) is 3.01. The maximum Gasteiger partial charge on any atom is 0.293 e. The molecule has 0 saturated carbocycles. The quantitative estimate of drug-likeness (QED) is 0.630. The number of hydrogen-bond donors (Lipinski definition) is 0. The number of ketones is 1. The van der Waals surface area contributed by atoms with Crippen LogP contribution in [0.2, 0.25) is 0 Å². The number of ether oxygens (including phenoxy) is 1. The van der Waals surface area contributed by atoms with Gasteiger partial charge in [0.2, 0.25) is 5.78 Å². The summed E-state index contributed by atoms with van der Waals surface area (Å²) in [4.78, 5) is 21.6. The van der Waals surface area contributed by atoms with Gasteiger partial charge in [-0.25, -0.2) is 0 Å². The summed E-state index contributed by atoms with van der Waals surface area (Å²) < 4.78 is 4.67. The van der Waals surface area contributed by atoms with E-state index >= 15 is 0 Å². The average Bonchev–Trinajstić information content (AvgIpc) is 2.46. The lowest BCUT2D eigenvalue weighted by Crippen LogP contribution is -2.19. The molecule has 0 N–H and O–H groups in total. The monoisotopic (exact) mass is 176 g/mol. The lowest BCUT2D eigenvalue weighted by molar-refractivity contribution is -0.131. The third-order valence-corrected chi connectivity index (χ3v) is 2.20. The normalized spacial score (nSPS) is 19.7. The highest BCUT2D eigenvalue weighted by atomic mass is 16.5. The van der Waals surface area contributed by atoms with E-state index in [1.807, 2.05) is 12.1 Å². The fraction of sp³-hybridized carbons (Fsp3) is 0.200. The molecule has 0 spiro atoms. The highest BCUT2D eigenvalue weighted by molar-refractivity contribution is 6.04. The zero-order valence-electron chi connectivity index (χ0n) is 6.90. The van der Waals surface area contributed by atoms with Gasteiger partial charge in [0.15, 0.2) is 6.10 Å². The second-order valence-electron chi connectivity index (χ2n) is 2.95. The van der Waals surface area contributed by atoms with Crippen molar-refractivity contribution in [3.63, 3.8) is 0 Å². The number of carbonyl (C=O) groups is 2. The Balaban J connectivity index is 2.32. The first-order valence-electron chi connectivity index (χ1n) is 4.04. The summed E-state index contributed by atoms with van der Waals surface area (Å²) in [7, 11) is 0. The summed E-state index contributed by atoms with van der Waals surface area (Å²) in [6.45, 7) is 0.328. The molecule has 0 radical (unpaired) electrons. The van der Waals surface area contributed by atoms with E-state index in [9.17, 15) is 9.59 Å². The second-order valence-corrected chi connectivity index (χ2v) is 2.95. The van der Waals surface area contributed by atoms with Crippen LogP contribution < -0.4 is 0 Å². The largest absolute Gasteiger partial charge is 0.456 e. The number of benzene rings is 1. The Morgan fingerprint density at radius 2 is 2.15 bits per heavy atom. The molecule has 0 saturated heterocycles. The van der Waals surface area contributed by atoms with Crippen LogP contribution in [0.4, 0.5) is 0 Å². The molecule has 0 heterocycles. The molecule has 0 fully saturated rings. The lowest BCUT2D eigenvalue weighted by Gasteiger charge is -2.02. The molecular formula is C10H8O3. The predicted octanol–water partition coefficient (Wildman–Crippen LogP) is 0.967. The molecule has 1 aromatic rings. The number of rotatable bonds is 2. The smallest absolute Gasteiger partial charge is 0.293 e. The Morgan fingerprint density at radius 3 is 2.85 bits per heavy atom. The molecule has 1 aliphatic rings. The summed E-state index contributed by atoms with van der Waals surface area (Å²) in [6, 6.07) is 7.31. The van der Waals surface area contributed by atoms with E-state index in [0.717, 1.165) is 5.56 Å². The van der Waals surface area contributed by atoms with E-state index in [-0.39, 0.29) is 5.78 Å². The van der Waals surface area contributed by atoms with Gasteiger partial charge in [0, 0.05) is 12.0 Å². The fourth-order valence-electron chi connectivity index (χ4n) is 1.58. The summed E-state index contributed by atoms with van der Waals surface area (Å²) >= 11 is 0. The van der Waals surface area contributed by atoms with Gasteiger partial charge in [0.25, 0.3) is 6.47 Å². The summed E-state index contributed by atoms with van der Waals surface area (Å²) in [5, 5.41) is 0. The molecular weight excluding hydrogens is 168 g/mol. The minimum absolute atomic E-state index is 0.0947. The zero-order valence-corrected chi connectivity index (χ0v) is 6.90. The predicted molar refractivity (Wildman–Crippen MR) is 45.4 cm³/mol. The van der Waals surface area contributed by atoms with Gasteiger partial charge in [-0.2, -0.15) is 0 Å². The van der Waals surface area contributed by atoms with E-state index < -0.39 is 6.10 Å². The van der Waals surface area contributed by atoms with Crippen LogP contribution in [0.5, 0.6) is 0 Å². The van der Waals surface area contributed by atoms with E-state index in [1.54, 1.807) is 12.1 Å². The maximum atomic E-state index is 11.5. The minimum Gasteiger partial charge on any atom is -0.456 e. The van der Waals surface area contributed by atoms with Crippen LogP contribution >= 0.6 is 0 Å². The zero-order chi connectivity index (χ0) is 9.26. The number of fused-ring (bicyclic) bond motifs is 1. The third-order valence-electron chi connectivity index (χ3n) is 2.20. The Labute approximate surface area is 75.3 Å². The highest BCUT2D eigenvalue weighted by Crippen LogP contribution is 2.23. The van der Waals surface area contributed by atoms with Gasteiger partial charge >= 0.3 is 0 Å². The molecule has 1 unspecified atom stereocenters. The van der Waals surface area contributed by atoms with Crippen molar-refractivity contribution >= 4 is 12.3 Å². The first-order chi connectivity index (χ1) is 6.33. The Bertz CT molecular complexity index is 357. The molecule has 66 valence electrons. The van der Waals surface area contributed by atoms with Gasteiger partial charge in [-0.3, -0.25) is 9.59 Å². The number of Topliss-reactive ketones (excluding diaryl/α,β-unsaturated/α-hetero) is 1. The lowest BCUT2D eigenvalue weighted by atomic mass is 10.1. The SMILES string of the molecule is O=COC1Cc2ccccc2C1=O. The van der Waals surface area contributed by atoms with Crippen molar-refractivity contribution in [1.29, 1.82) is 0 Å². The molecule has 3 nitrogen and oxygen atoms in total. The Kier molecular flexibility index (Phi) is 1.85. The topological polar surface area (TPSA) is 43.4 Å². The molecule has 0 aromatic heterocycles. The Hall–Kier alpha value is -1.64. The average molecular weight is 176 g/mol. The van der Waals surface area contributed by atoms with Gasteiger partial charge in [-0.1, -0.05) is 24.3 Å². The van der Waals surface area contributed by atoms with Gasteiger partial charge in [-0.05, 0) is 5.56 Å². The van der Waals surface area contributed by atoms with Crippen LogP contribution in [0.1, 0.15) is 15.9 Å². The van der Waals surface area contributed by atoms with E-state index in [0.29, 0.717) is 18.5 Å². The molecule has 0 aliphatic heterocycles. The van der Waals surface area contributed by atoms with Crippen LogP contribution in [0.3, 0.4) is 0 Å². The van der Waals surface area contributed by atoms with Gasteiger partial charge in [0.1, 0.15) is 0 Å². The molecule has 2 rings (SSSR count). The highest BCUT2D eigenvalue weighted by Gasteiger charge is 2.31. The van der Waals surface area contributed by atoms with Crippen LogP contribution in [-0.4, -0.2) is 18.4 Å². The van der Waals surface area contributed by atoms with Crippen LogP contribution in [0.25, 0.3) is 0 Å². The van der Waals surface area contributed by atoms with Crippen LogP contribution in [0, 0.1) is 0 Å². The van der Waals surface area contributed by atoms with Crippen LogP contribution in [-0.2, 0) is 16.0 Å². The van der Waals surface area contributed by atoms with Crippen LogP contribution in [0.15, 0.2) is 24.3 Å². The molecule has 13 heavy (non-hydrogen) atoms. The molecule has 0 amide bonds. The van der Waals surface area contributed by atoms with E-state index in [1.165, 1.54) is 0 Å². The van der Waals surface area contributed by atoms with Gasteiger partial charge in [0.05, 0.1) is 0 Å².